The van der Waals surface area contributed by atoms with Crippen molar-refractivity contribution in [1.82, 2.24) is 0 Å². The average Bonchev–Trinajstić information content (AvgIpc) is 3.00. The number of Topliss-reactive ketones (excluding diaryl/α,β-unsaturated/α-hetero) is 1. The fraction of sp³-hybridized carbons (Fsp3) is 0.0513. The molecular weight excluding hydrogens is 484 g/mol. The van der Waals surface area contributed by atoms with Gasteiger partial charge < -0.3 is 0 Å². The summed E-state index contributed by atoms with van der Waals surface area (Å²) in [7, 11) is 0. The van der Waals surface area contributed by atoms with Crippen molar-refractivity contribution in [3.63, 3.8) is 0 Å². The van der Waals surface area contributed by atoms with Gasteiger partial charge in [0, 0.05) is 12.8 Å². The molecule has 0 aliphatic carbocycles. The SMILES string of the molecule is C=CC=CC=Cc1cc(CC(=O)Cc2cc(-c3ccccc3)cc(-c3ccccc3)c2)cc(-c2ccccc2)c1. The highest BCUT2D eigenvalue weighted by Gasteiger charge is 2.11. The van der Waals surface area contributed by atoms with Crippen LogP contribution in [0.25, 0.3) is 39.5 Å². The molecule has 0 atom stereocenters. The summed E-state index contributed by atoms with van der Waals surface area (Å²) in [5.74, 6) is 0.191. The van der Waals surface area contributed by atoms with Crippen LogP contribution < -0.4 is 0 Å². The van der Waals surface area contributed by atoms with Crippen LogP contribution in [0.1, 0.15) is 16.7 Å². The summed E-state index contributed by atoms with van der Waals surface area (Å²) < 4.78 is 0. The van der Waals surface area contributed by atoms with Crippen molar-refractivity contribution in [1.29, 1.82) is 0 Å². The lowest BCUT2D eigenvalue weighted by Crippen LogP contribution is -2.07. The van der Waals surface area contributed by atoms with Gasteiger partial charge in [-0.3, -0.25) is 4.79 Å². The fourth-order valence-corrected chi connectivity index (χ4v) is 4.93. The normalized spacial score (nSPS) is 11.2. The van der Waals surface area contributed by atoms with Gasteiger partial charge in [-0.05, 0) is 62.2 Å². The van der Waals surface area contributed by atoms with E-state index in [1.807, 2.05) is 72.8 Å². The number of carbonyl (C=O) groups is 1. The molecule has 0 bridgehead atoms. The highest BCUT2D eigenvalue weighted by atomic mass is 16.1. The van der Waals surface area contributed by atoms with Crippen molar-refractivity contribution < 1.29 is 4.79 Å². The molecule has 194 valence electrons. The summed E-state index contributed by atoms with van der Waals surface area (Å²) in [6.07, 6.45) is 10.4. The first kappa shape index (κ1) is 26.6. The van der Waals surface area contributed by atoms with Gasteiger partial charge in [0.15, 0.2) is 0 Å². The van der Waals surface area contributed by atoms with Crippen molar-refractivity contribution in [2.24, 2.45) is 0 Å². The Bertz CT molecular complexity index is 1580. The summed E-state index contributed by atoms with van der Waals surface area (Å²) in [6.45, 7) is 3.73. The van der Waals surface area contributed by atoms with Gasteiger partial charge in [-0.2, -0.15) is 0 Å². The van der Waals surface area contributed by atoms with Crippen LogP contribution in [0.15, 0.2) is 158 Å². The van der Waals surface area contributed by atoms with Crippen LogP contribution in [0.2, 0.25) is 0 Å². The topological polar surface area (TPSA) is 17.1 Å². The summed E-state index contributed by atoms with van der Waals surface area (Å²) in [5, 5.41) is 0. The van der Waals surface area contributed by atoms with Gasteiger partial charge in [-0.15, -0.1) is 0 Å². The predicted octanol–water partition coefficient (Wildman–Crippen LogP) is 9.80. The van der Waals surface area contributed by atoms with Crippen LogP contribution in [0.5, 0.6) is 0 Å². The van der Waals surface area contributed by atoms with Gasteiger partial charge in [0.2, 0.25) is 0 Å². The van der Waals surface area contributed by atoms with Crippen LogP contribution >= 0.6 is 0 Å². The number of carbonyl (C=O) groups excluding carboxylic acids is 1. The number of hydrogen-bond acceptors (Lipinski definition) is 1. The van der Waals surface area contributed by atoms with Crippen LogP contribution in [0.4, 0.5) is 0 Å². The van der Waals surface area contributed by atoms with Crippen LogP contribution in [0, 0.1) is 0 Å². The van der Waals surface area contributed by atoms with E-state index in [0.717, 1.165) is 50.1 Å². The molecule has 0 heterocycles. The minimum absolute atomic E-state index is 0.191. The molecule has 0 N–H and O–H groups in total. The van der Waals surface area contributed by atoms with Crippen molar-refractivity contribution >= 4 is 11.9 Å². The number of hydrogen-bond donors (Lipinski definition) is 0. The van der Waals surface area contributed by atoms with E-state index in [2.05, 4.69) is 85.5 Å². The summed E-state index contributed by atoms with van der Waals surface area (Å²) >= 11 is 0. The molecule has 5 aromatic rings. The maximum absolute atomic E-state index is 13.5. The molecule has 5 aromatic carbocycles. The highest BCUT2D eigenvalue weighted by molar-refractivity contribution is 5.85. The molecule has 0 saturated carbocycles. The third kappa shape index (κ3) is 7.09. The molecule has 1 nitrogen and oxygen atoms in total. The van der Waals surface area contributed by atoms with E-state index in [1.54, 1.807) is 6.08 Å². The number of rotatable bonds is 10. The van der Waals surface area contributed by atoms with E-state index >= 15 is 0 Å². The van der Waals surface area contributed by atoms with Gasteiger partial charge in [-0.25, -0.2) is 0 Å². The van der Waals surface area contributed by atoms with Crippen LogP contribution in [-0.2, 0) is 17.6 Å². The van der Waals surface area contributed by atoms with E-state index in [9.17, 15) is 4.79 Å². The quantitative estimate of drug-likeness (QED) is 0.169. The van der Waals surface area contributed by atoms with E-state index in [-0.39, 0.29) is 5.78 Å². The van der Waals surface area contributed by atoms with E-state index in [0.29, 0.717) is 12.8 Å². The monoisotopic (exact) mass is 516 g/mol. The zero-order chi connectivity index (χ0) is 27.6. The van der Waals surface area contributed by atoms with E-state index in [4.69, 9.17) is 0 Å². The molecule has 0 fully saturated rings. The molecule has 0 unspecified atom stereocenters. The smallest absolute Gasteiger partial charge is 0.141 e. The fourth-order valence-electron chi connectivity index (χ4n) is 4.93. The number of allylic oxidation sites excluding steroid dienone is 4. The van der Waals surface area contributed by atoms with Crippen LogP contribution in [-0.4, -0.2) is 5.78 Å². The zero-order valence-corrected chi connectivity index (χ0v) is 22.5. The van der Waals surface area contributed by atoms with Crippen molar-refractivity contribution in [3.05, 3.63) is 175 Å². The largest absolute Gasteiger partial charge is 0.299 e. The Balaban J connectivity index is 1.44. The van der Waals surface area contributed by atoms with Crippen molar-refractivity contribution in [3.8, 4) is 33.4 Å². The minimum Gasteiger partial charge on any atom is -0.299 e. The summed E-state index contributed by atoms with van der Waals surface area (Å²) in [6, 6.07) is 43.9. The van der Waals surface area contributed by atoms with Crippen LogP contribution in [0.3, 0.4) is 0 Å². The van der Waals surface area contributed by atoms with Crippen molar-refractivity contribution in [2.45, 2.75) is 12.8 Å². The lowest BCUT2D eigenvalue weighted by molar-refractivity contribution is -0.117. The average molecular weight is 517 g/mol. The maximum Gasteiger partial charge on any atom is 0.141 e. The van der Waals surface area contributed by atoms with Gasteiger partial charge in [0.05, 0.1) is 0 Å². The van der Waals surface area contributed by atoms with Gasteiger partial charge in [0.25, 0.3) is 0 Å². The predicted molar refractivity (Wildman–Crippen MR) is 170 cm³/mol. The summed E-state index contributed by atoms with van der Waals surface area (Å²) in [4.78, 5) is 13.5. The Hall–Kier alpha value is -5.01. The first-order valence-corrected chi connectivity index (χ1v) is 13.6. The molecular formula is C39H32O. The lowest BCUT2D eigenvalue weighted by Gasteiger charge is -2.12. The molecule has 0 aliphatic rings. The van der Waals surface area contributed by atoms with Gasteiger partial charge >= 0.3 is 0 Å². The Morgan fingerprint density at radius 3 is 1.43 bits per heavy atom. The third-order valence-electron chi connectivity index (χ3n) is 6.78. The molecule has 0 spiro atoms. The molecule has 5 rings (SSSR count). The van der Waals surface area contributed by atoms with Crippen molar-refractivity contribution in [2.75, 3.05) is 0 Å². The Morgan fingerprint density at radius 2 is 0.950 bits per heavy atom. The Labute approximate surface area is 237 Å². The lowest BCUT2D eigenvalue weighted by atomic mass is 9.92. The second kappa shape index (κ2) is 13.2. The first-order valence-electron chi connectivity index (χ1n) is 13.6. The number of benzene rings is 5. The molecule has 40 heavy (non-hydrogen) atoms. The third-order valence-corrected chi connectivity index (χ3v) is 6.78. The van der Waals surface area contributed by atoms with Gasteiger partial charge in [-0.1, -0.05) is 152 Å². The molecule has 0 aliphatic heterocycles. The first-order chi connectivity index (χ1) is 19.7. The molecule has 0 aromatic heterocycles. The Morgan fingerprint density at radius 1 is 0.500 bits per heavy atom. The molecule has 1 heteroatoms. The zero-order valence-electron chi connectivity index (χ0n) is 22.5. The number of ketones is 1. The highest BCUT2D eigenvalue weighted by Crippen LogP contribution is 2.29. The second-order valence-corrected chi connectivity index (χ2v) is 9.85. The summed E-state index contributed by atoms with van der Waals surface area (Å²) in [5.41, 5.74) is 9.88. The maximum atomic E-state index is 13.5. The standard InChI is InChI=1S/C39H32O/c1-2-3-4-8-15-30-22-31(24-36(23-30)33-16-9-5-10-17-33)27-39(40)28-32-25-37(34-18-11-6-12-19-34)29-38(26-32)35-20-13-7-14-21-35/h2-26,29H,1,27-28H2. The van der Waals surface area contributed by atoms with E-state index in [1.165, 1.54) is 0 Å². The van der Waals surface area contributed by atoms with E-state index < -0.39 is 0 Å². The molecule has 0 saturated heterocycles. The molecule has 0 amide bonds. The Kier molecular flexibility index (Phi) is 8.76. The minimum atomic E-state index is 0.191. The molecule has 0 radical (unpaired) electrons. The van der Waals surface area contributed by atoms with Gasteiger partial charge in [0.1, 0.15) is 5.78 Å². The second-order valence-electron chi connectivity index (χ2n) is 9.85.